The summed E-state index contributed by atoms with van der Waals surface area (Å²) < 4.78 is 5.21. The number of ether oxygens (including phenoxy) is 1. The summed E-state index contributed by atoms with van der Waals surface area (Å²) in [7, 11) is 0. The molecule has 0 bridgehead atoms. The first kappa shape index (κ1) is 16.7. The van der Waals surface area contributed by atoms with Gasteiger partial charge in [0.2, 0.25) is 0 Å². The minimum Gasteiger partial charge on any atom is -0.463 e. The average Bonchev–Trinajstić information content (AvgIpc) is 3.05. The highest BCUT2D eigenvalue weighted by atomic mass is 32.1. The number of nitrogens with one attached hydrogen (secondary N) is 2. The Morgan fingerprint density at radius 3 is 2.71 bits per heavy atom. The van der Waals surface area contributed by atoms with E-state index in [0.717, 1.165) is 21.0 Å². The van der Waals surface area contributed by atoms with Gasteiger partial charge in [-0.05, 0) is 43.8 Å². The van der Waals surface area contributed by atoms with Gasteiger partial charge in [-0.1, -0.05) is 30.3 Å². The van der Waals surface area contributed by atoms with Gasteiger partial charge in [0.25, 0.3) is 0 Å². The molecule has 0 amide bonds. The third-order valence-electron chi connectivity index (χ3n) is 3.73. The summed E-state index contributed by atoms with van der Waals surface area (Å²) in [6.07, 6.45) is 0. The van der Waals surface area contributed by atoms with Crippen LogP contribution in [-0.4, -0.2) is 17.7 Å². The van der Waals surface area contributed by atoms with E-state index in [9.17, 15) is 4.79 Å². The standard InChI is InChI=1S/C18H18N2O2S2/c1-3-22-17(21)15-11(2)19-18(23)20-16(15)14-10-9-13(24-14)12-7-5-4-6-8-12/h4-10,16H,3H2,1-2H3,(H2,19,20,23)/t16-/m0/s1. The summed E-state index contributed by atoms with van der Waals surface area (Å²) in [5.74, 6) is -0.322. The number of hydrogen-bond donors (Lipinski definition) is 2. The summed E-state index contributed by atoms with van der Waals surface area (Å²) >= 11 is 6.90. The lowest BCUT2D eigenvalue weighted by Crippen LogP contribution is -2.44. The highest BCUT2D eigenvalue weighted by molar-refractivity contribution is 7.80. The Balaban J connectivity index is 1.97. The predicted octanol–water partition coefficient (Wildman–Crippen LogP) is 3.77. The first-order valence-corrected chi connectivity index (χ1v) is 8.93. The van der Waals surface area contributed by atoms with Gasteiger partial charge in [0, 0.05) is 15.5 Å². The van der Waals surface area contributed by atoms with Crippen LogP contribution in [0.5, 0.6) is 0 Å². The van der Waals surface area contributed by atoms with Crippen LogP contribution in [0.15, 0.2) is 53.7 Å². The molecule has 24 heavy (non-hydrogen) atoms. The van der Waals surface area contributed by atoms with Crippen molar-refractivity contribution >= 4 is 34.6 Å². The maximum atomic E-state index is 12.4. The fraction of sp³-hybridized carbons (Fsp3) is 0.222. The maximum absolute atomic E-state index is 12.4. The molecule has 0 fully saturated rings. The van der Waals surface area contributed by atoms with E-state index in [1.807, 2.05) is 31.2 Å². The zero-order chi connectivity index (χ0) is 17.1. The van der Waals surface area contributed by atoms with Crippen molar-refractivity contribution in [2.75, 3.05) is 6.61 Å². The van der Waals surface area contributed by atoms with E-state index in [2.05, 4.69) is 28.8 Å². The number of benzene rings is 1. The van der Waals surface area contributed by atoms with Crippen LogP contribution < -0.4 is 10.6 Å². The fourth-order valence-electron chi connectivity index (χ4n) is 2.65. The van der Waals surface area contributed by atoms with Crippen molar-refractivity contribution in [1.82, 2.24) is 10.6 Å². The maximum Gasteiger partial charge on any atom is 0.338 e. The molecule has 1 atom stereocenters. The SMILES string of the molecule is CCOC(=O)C1=C(C)NC(=S)N[C@H]1c1ccc(-c2ccccc2)s1. The normalized spacial score (nSPS) is 17.2. The lowest BCUT2D eigenvalue weighted by atomic mass is 10.0. The largest absolute Gasteiger partial charge is 0.463 e. The van der Waals surface area contributed by atoms with Crippen molar-refractivity contribution in [2.45, 2.75) is 19.9 Å². The van der Waals surface area contributed by atoms with Crippen LogP contribution in [0, 0.1) is 0 Å². The van der Waals surface area contributed by atoms with E-state index in [1.54, 1.807) is 18.3 Å². The molecule has 0 unspecified atom stereocenters. The lowest BCUT2D eigenvalue weighted by molar-refractivity contribution is -0.139. The van der Waals surface area contributed by atoms with E-state index in [0.29, 0.717) is 17.3 Å². The lowest BCUT2D eigenvalue weighted by Gasteiger charge is -2.28. The molecule has 3 rings (SSSR count). The molecule has 1 aliphatic heterocycles. The van der Waals surface area contributed by atoms with Crippen LogP contribution in [0.25, 0.3) is 10.4 Å². The van der Waals surface area contributed by atoms with Gasteiger partial charge in [-0.2, -0.15) is 0 Å². The molecule has 1 aromatic carbocycles. The van der Waals surface area contributed by atoms with E-state index in [4.69, 9.17) is 17.0 Å². The van der Waals surface area contributed by atoms with Gasteiger partial charge in [0.1, 0.15) is 0 Å². The van der Waals surface area contributed by atoms with Gasteiger partial charge >= 0.3 is 5.97 Å². The van der Waals surface area contributed by atoms with Crippen LogP contribution in [0.1, 0.15) is 24.8 Å². The van der Waals surface area contributed by atoms with Gasteiger partial charge < -0.3 is 15.4 Å². The second kappa shape index (κ2) is 7.15. The molecule has 124 valence electrons. The van der Waals surface area contributed by atoms with Crippen molar-refractivity contribution in [1.29, 1.82) is 0 Å². The second-order valence-electron chi connectivity index (χ2n) is 5.36. The highest BCUT2D eigenvalue weighted by Gasteiger charge is 2.31. The summed E-state index contributed by atoms with van der Waals surface area (Å²) in [5, 5.41) is 6.71. The number of thiocarbonyl (C=S) groups is 1. The molecular weight excluding hydrogens is 340 g/mol. The Kier molecular flexibility index (Phi) is 4.97. The van der Waals surface area contributed by atoms with Crippen molar-refractivity contribution in [2.24, 2.45) is 0 Å². The number of allylic oxidation sites excluding steroid dienone is 1. The van der Waals surface area contributed by atoms with Gasteiger partial charge in [-0.15, -0.1) is 11.3 Å². The number of thiophene rings is 1. The van der Waals surface area contributed by atoms with E-state index < -0.39 is 0 Å². The summed E-state index contributed by atoms with van der Waals surface area (Å²) in [6.45, 7) is 3.99. The fourth-order valence-corrected chi connectivity index (χ4v) is 4.00. The molecule has 2 aromatic rings. The molecule has 2 N–H and O–H groups in total. The highest BCUT2D eigenvalue weighted by Crippen LogP contribution is 2.36. The number of esters is 1. The number of carbonyl (C=O) groups excluding carboxylic acids is 1. The van der Waals surface area contributed by atoms with Crippen LogP contribution in [0.2, 0.25) is 0 Å². The number of carbonyl (C=O) groups is 1. The van der Waals surface area contributed by atoms with Crippen LogP contribution in [0.4, 0.5) is 0 Å². The van der Waals surface area contributed by atoms with Crippen molar-refractivity contribution in [3.05, 3.63) is 58.6 Å². The molecule has 0 aliphatic carbocycles. The predicted molar refractivity (Wildman–Crippen MR) is 101 cm³/mol. The summed E-state index contributed by atoms with van der Waals surface area (Å²) in [6, 6.07) is 14.0. The molecule has 2 heterocycles. The topological polar surface area (TPSA) is 50.4 Å². The quantitative estimate of drug-likeness (QED) is 0.644. The second-order valence-corrected chi connectivity index (χ2v) is 6.88. The Morgan fingerprint density at radius 1 is 1.25 bits per heavy atom. The Hall–Kier alpha value is -2.18. The minimum absolute atomic E-state index is 0.291. The van der Waals surface area contributed by atoms with Crippen molar-refractivity contribution < 1.29 is 9.53 Å². The Labute approximate surface area is 150 Å². The molecule has 0 saturated heterocycles. The Bertz CT molecular complexity index is 796. The molecule has 0 saturated carbocycles. The molecule has 6 heteroatoms. The summed E-state index contributed by atoms with van der Waals surface area (Å²) in [5.41, 5.74) is 2.47. The zero-order valence-electron chi connectivity index (χ0n) is 13.5. The first-order valence-electron chi connectivity index (χ1n) is 7.70. The Morgan fingerprint density at radius 2 is 2.00 bits per heavy atom. The van der Waals surface area contributed by atoms with Crippen LogP contribution >= 0.6 is 23.6 Å². The van der Waals surface area contributed by atoms with Gasteiger partial charge in [0.15, 0.2) is 5.11 Å². The van der Waals surface area contributed by atoms with Gasteiger partial charge in [0.05, 0.1) is 18.2 Å². The molecule has 1 aromatic heterocycles. The van der Waals surface area contributed by atoms with Crippen LogP contribution in [-0.2, 0) is 9.53 Å². The van der Waals surface area contributed by atoms with Gasteiger partial charge in [-0.25, -0.2) is 4.79 Å². The van der Waals surface area contributed by atoms with E-state index >= 15 is 0 Å². The zero-order valence-corrected chi connectivity index (χ0v) is 15.1. The average molecular weight is 358 g/mol. The first-order chi connectivity index (χ1) is 11.6. The van der Waals surface area contributed by atoms with E-state index in [-0.39, 0.29) is 12.0 Å². The van der Waals surface area contributed by atoms with Crippen molar-refractivity contribution in [3.8, 4) is 10.4 Å². The minimum atomic E-state index is -0.322. The molecule has 0 spiro atoms. The molecular formula is C18H18N2O2S2. The third-order valence-corrected chi connectivity index (χ3v) is 5.15. The van der Waals surface area contributed by atoms with Crippen LogP contribution in [0.3, 0.4) is 0 Å². The summed E-state index contributed by atoms with van der Waals surface area (Å²) in [4.78, 5) is 14.6. The molecule has 0 radical (unpaired) electrons. The van der Waals surface area contributed by atoms with Crippen molar-refractivity contribution in [3.63, 3.8) is 0 Å². The molecule has 4 nitrogen and oxygen atoms in total. The number of rotatable bonds is 4. The smallest absolute Gasteiger partial charge is 0.338 e. The van der Waals surface area contributed by atoms with Gasteiger partial charge in [-0.3, -0.25) is 0 Å². The monoisotopic (exact) mass is 358 g/mol. The van der Waals surface area contributed by atoms with E-state index in [1.165, 1.54) is 0 Å². The third kappa shape index (κ3) is 3.34. The number of hydrogen-bond acceptors (Lipinski definition) is 4. The molecule has 1 aliphatic rings.